The third-order valence-corrected chi connectivity index (χ3v) is 7.38. The molecule has 3 heterocycles. The molecule has 1 N–H and O–H groups in total. The summed E-state index contributed by atoms with van der Waals surface area (Å²) in [6, 6.07) is 8.92. The number of aliphatic hydroxyl groups excluding tert-OH is 1. The van der Waals surface area contributed by atoms with Gasteiger partial charge in [0.05, 0.1) is 17.5 Å². The Morgan fingerprint density at radius 2 is 1.89 bits per heavy atom. The number of thiazole rings is 1. The van der Waals surface area contributed by atoms with Crippen LogP contribution in [0.4, 0.5) is 13.2 Å². The van der Waals surface area contributed by atoms with Crippen LogP contribution >= 0.6 is 22.7 Å². The van der Waals surface area contributed by atoms with E-state index in [0.29, 0.717) is 15.7 Å². The van der Waals surface area contributed by atoms with Gasteiger partial charge in [0.15, 0.2) is 0 Å². The van der Waals surface area contributed by atoms with Gasteiger partial charge in [-0.05, 0) is 37.0 Å². The minimum atomic E-state index is -4.42. The third-order valence-electron chi connectivity index (χ3n) is 4.93. The number of nitrogens with zero attached hydrogens (tertiary/aromatic N) is 2. The first-order chi connectivity index (χ1) is 13.4. The Morgan fingerprint density at radius 1 is 1.11 bits per heavy atom. The lowest BCUT2D eigenvalue weighted by atomic mass is 10.1. The number of alkyl halides is 3. The fourth-order valence-corrected chi connectivity index (χ4v) is 5.79. The normalized spacial score (nSPS) is 16.0. The first-order valence-electron chi connectivity index (χ1n) is 8.82. The highest BCUT2D eigenvalue weighted by Crippen LogP contribution is 2.49. The van der Waals surface area contributed by atoms with Crippen molar-refractivity contribution in [3.63, 3.8) is 0 Å². The molecule has 1 saturated carbocycles. The predicted octanol–water partition coefficient (Wildman–Crippen LogP) is 6.10. The van der Waals surface area contributed by atoms with Gasteiger partial charge in [0.1, 0.15) is 17.3 Å². The van der Waals surface area contributed by atoms with Gasteiger partial charge < -0.3 is 5.11 Å². The molecular weight excluding hydrogens is 405 g/mol. The Morgan fingerprint density at radius 3 is 2.64 bits per heavy atom. The number of hydrogen-bond acceptors (Lipinski definition) is 4. The summed E-state index contributed by atoms with van der Waals surface area (Å²) >= 11 is 2.82. The molecule has 3 nitrogen and oxygen atoms in total. The van der Waals surface area contributed by atoms with E-state index in [2.05, 4.69) is 4.98 Å². The van der Waals surface area contributed by atoms with Crippen LogP contribution < -0.4 is 0 Å². The molecule has 0 bridgehead atoms. The van der Waals surface area contributed by atoms with Crippen molar-refractivity contribution in [1.29, 1.82) is 0 Å². The largest absolute Gasteiger partial charge is 0.417 e. The highest BCUT2D eigenvalue weighted by atomic mass is 32.1. The van der Waals surface area contributed by atoms with Crippen molar-refractivity contribution in [3.05, 3.63) is 69.9 Å². The second-order valence-corrected chi connectivity index (χ2v) is 9.05. The Hall–Kier alpha value is -2.16. The van der Waals surface area contributed by atoms with Gasteiger partial charge in [0.2, 0.25) is 0 Å². The summed E-state index contributed by atoms with van der Waals surface area (Å²) in [4.78, 5) is 7.39. The molecule has 28 heavy (non-hydrogen) atoms. The van der Waals surface area contributed by atoms with E-state index in [9.17, 15) is 18.3 Å². The van der Waals surface area contributed by atoms with Gasteiger partial charge >= 0.3 is 6.18 Å². The van der Waals surface area contributed by atoms with Gasteiger partial charge in [-0.15, -0.1) is 22.7 Å². The first-order valence-corrected chi connectivity index (χ1v) is 10.5. The highest BCUT2D eigenvalue weighted by Gasteiger charge is 2.35. The Kier molecular flexibility index (Phi) is 4.12. The zero-order valence-electron chi connectivity index (χ0n) is 14.5. The minimum Gasteiger partial charge on any atom is -0.381 e. The number of hydrogen-bond donors (Lipinski definition) is 1. The van der Waals surface area contributed by atoms with Gasteiger partial charge in [-0.3, -0.25) is 4.40 Å². The van der Waals surface area contributed by atoms with Gasteiger partial charge in [0, 0.05) is 20.2 Å². The molecule has 1 fully saturated rings. The van der Waals surface area contributed by atoms with Crippen LogP contribution in [0.15, 0.2) is 48.9 Å². The van der Waals surface area contributed by atoms with E-state index in [4.69, 9.17) is 0 Å². The molecule has 1 aliphatic carbocycles. The van der Waals surface area contributed by atoms with Crippen molar-refractivity contribution in [2.24, 2.45) is 0 Å². The number of benzene rings is 1. The van der Waals surface area contributed by atoms with Crippen molar-refractivity contribution >= 4 is 27.5 Å². The van der Waals surface area contributed by atoms with Crippen molar-refractivity contribution < 1.29 is 18.3 Å². The number of aromatic nitrogens is 2. The van der Waals surface area contributed by atoms with Crippen LogP contribution in [0.25, 0.3) is 15.3 Å². The van der Waals surface area contributed by atoms with Crippen LogP contribution in [0.3, 0.4) is 0 Å². The van der Waals surface area contributed by atoms with Crippen LogP contribution in [0.5, 0.6) is 0 Å². The quantitative estimate of drug-likeness (QED) is 0.433. The first kappa shape index (κ1) is 17.9. The molecule has 0 amide bonds. The molecule has 3 aromatic heterocycles. The Balaban J connectivity index is 1.56. The fourth-order valence-electron chi connectivity index (χ4n) is 3.45. The lowest BCUT2D eigenvalue weighted by molar-refractivity contribution is -0.137. The maximum Gasteiger partial charge on any atom is 0.417 e. The van der Waals surface area contributed by atoms with E-state index in [1.54, 1.807) is 42.1 Å². The maximum atomic E-state index is 13.4. The molecule has 0 spiro atoms. The zero-order valence-corrected chi connectivity index (χ0v) is 16.1. The van der Waals surface area contributed by atoms with Crippen molar-refractivity contribution in [3.8, 4) is 10.4 Å². The summed E-state index contributed by atoms with van der Waals surface area (Å²) in [6.45, 7) is 0. The number of fused-ring (bicyclic) bond motifs is 1. The average Bonchev–Trinajstić information content (AvgIpc) is 3.07. The Bertz CT molecular complexity index is 1150. The smallest absolute Gasteiger partial charge is 0.381 e. The molecule has 1 atom stereocenters. The topological polar surface area (TPSA) is 37.5 Å². The molecule has 144 valence electrons. The van der Waals surface area contributed by atoms with Crippen molar-refractivity contribution in [2.45, 2.75) is 31.0 Å². The lowest BCUT2D eigenvalue weighted by Gasteiger charge is -2.12. The van der Waals surface area contributed by atoms with Gasteiger partial charge in [-0.2, -0.15) is 13.2 Å². The monoisotopic (exact) mass is 420 g/mol. The summed E-state index contributed by atoms with van der Waals surface area (Å²) in [6.07, 6.45) is 0.345. The third kappa shape index (κ3) is 2.96. The number of imidazole rings is 1. The summed E-state index contributed by atoms with van der Waals surface area (Å²) in [5.41, 5.74) is 0.264. The summed E-state index contributed by atoms with van der Waals surface area (Å²) in [5, 5.41) is 11.1. The van der Waals surface area contributed by atoms with Crippen molar-refractivity contribution in [1.82, 2.24) is 9.38 Å². The Labute approximate surface area is 166 Å². The number of thiophene rings is 1. The van der Waals surface area contributed by atoms with Gasteiger partial charge in [-0.1, -0.05) is 18.2 Å². The number of aliphatic hydroxyl groups is 1. The summed E-state index contributed by atoms with van der Waals surface area (Å²) in [7, 11) is 0. The van der Waals surface area contributed by atoms with E-state index in [1.165, 1.54) is 23.5 Å². The molecule has 4 aromatic rings. The van der Waals surface area contributed by atoms with E-state index >= 15 is 0 Å². The van der Waals surface area contributed by atoms with Crippen LogP contribution in [-0.4, -0.2) is 14.5 Å². The molecule has 1 aliphatic rings. The summed E-state index contributed by atoms with van der Waals surface area (Å²) in [5.74, 6) is 0.458. The molecule has 0 radical (unpaired) electrons. The van der Waals surface area contributed by atoms with E-state index in [1.807, 2.05) is 4.40 Å². The van der Waals surface area contributed by atoms with Crippen LogP contribution in [0.2, 0.25) is 0 Å². The van der Waals surface area contributed by atoms with Crippen molar-refractivity contribution in [2.75, 3.05) is 0 Å². The number of halogens is 3. The fraction of sp³-hybridized carbons (Fsp3) is 0.250. The number of rotatable bonds is 4. The molecule has 0 saturated heterocycles. The summed E-state index contributed by atoms with van der Waals surface area (Å²) < 4.78 is 42.0. The second kappa shape index (κ2) is 6.43. The zero-order chi connectivity index (χ0) is 19.5. The van der Waals surface area contributed by atoms with Gasteiger partial charge in [0.25, 0.3) is 0 Å². The highest BCUT2D eigenvalue weighted by molar-refractivity contribution is 7.17. The lowest BCUT2D eigenvalue weighted by Crippen LogP contribution is -2.06. The molecule has 5 rings (SSSR count). The predicted molar refractivity (Wildman–Crippen MR) is 104 cm³/mol. The van der Waals surface area contributed by atoms with Gasteiger partial charge in [-0.25, -0.2) is 4.98 Å². The minimum absolute atomic E-state index is 0.138. The molecule has 8 heteroatoms. The van der Waals surface area contributed by atoms with Crippen LogP contribution in [0, 0.1) is 0 Å². The van der Waals surface area contributed by atoms with E-state index in [-0.39, 0.29) is 5.56 Å². The van der Waals surface area contributed by atoms with E-state index in [0.717, 1.165) is 34.3 Å². The molecular formula is C20H15F3N2OS2. The standard InChI is InChI=1S/C20H15F3N2OS2/c21-20(22,23)13-4-2-1-3-12(13)14-7-8-15(27-14)18(26)17-19(11-5-6-11)28-16-9-24-10-25(16)17/h1-4,7-11,18,26H,5-6H2. The van der Waals surface area contributed by atoms with E-state index < -0.39 is 17.8 Å². The molecule has 1 aromatic carbocycles. The molecule has 1 unspecified atom stereocenters. The SMILES string of the molecule is OC(c1ccc(-c2ccccc2C(F)(F)F)s1)c1c(C2CC2)sc2cncn12. The second-order valence-electron chi connectivity index (χ2n) is 6.88. The maximum absolute atomic E-state index is 13.4. The van der Waals surface area contributed by atoms with Crippen LogP contribution in [0.1, 0.15) is 45.9 Å². The van der Waals surface area contributed by atoms with Crippen LogP contribution in [-0.2, 0) is 6.18 Å². The molecule has 0 aliphatic heterocycles. The average molecular weight is 420 g/mol.